The molecule has 14 heavy (non-hydrogen) atoms. The van der Waals surface area contributed by atoms with Crippen molar-refractivity contribution < 1.29 is 22.6 Å². The van der Waals surface area contributed by atoms with Crippen LogP contribution in [-0.2, 0) is 9.47 Å². The van der Waals surface area contributed by atoms with E-state index in [2.05, 4.69) is 11.3 Å². The van der Waals surface area contributed by atoms with Gasteiger partial charge in [0.15, 0.2) is 5.60 Å². The van der Waals surface area contributed by atoms with E-state index in [1.54, 1.807) is 0 Å². The van der Waals surface area contributed by atoms with Gasteiger partial charge in [-0.25, -0.2) is 0 Å². The highest BCUT2D eigenvalue weighted by Crippen LogP contribution is 2.46. The first kappa shape index (κ1) is 11.5. The summed E-state index contributed by atoms with van der Waals surface area (Å²) in [7, 11) is 0. The van der Waals surface area contributed by atoms with Gasteiger partial charge in [-0.1, -0.05) is 13.0 Å². The van der Waals surface area contributed by atoms with E-state index in [0.717, 1.165) is 0 Å². The zero-order valence-electron chi connectivity index (χ0n) is 7.93. The minimum atomic E-state index is -4.37. The lowest BCUT2D eigenvalue weighted by Gasteiger charge is -2.48. The lowest BCUT2D eigenvalue weighted by molar-refractivity contribution is -0.374. The molecule has 0 aromatic heterocycles. The van der Waals surface area contributed by atoms with Gasteiger partial charge in [-0.3, -0.25) is 0 Å². The Morgan fingerprint density at radius 3 is 2.57 bits per heavy atom. The van der Waals surface area contributed by atoms with Crippen LogP contribution in [0.3, 0.4) is 0 Å². The molecule has 1 aliphatic heterocycles. The number of hydrogen-bond acceptors (Lipinski definition) is 2. The van der Waals surface area contributed by atoms with Crippen LogP contribution in [0.15, 0.2) is 12.7 Å². The van der Waals surface area contributed by atoms with Gasteiger partial charge in [-0.2, -0.15) is 13.2 Å². The molecule has 1 rings (SSSR count). The first-order chi connectivity index (χ1) is 6.48. The molecular weight excluding hydrogens is 197 g/mol. The molecule has 1 fully saturated rings. The second-order valence-corrected chi connectivity index (χ2v) is 3.16. The summed E-state index contributed by atoms with van der Waals surface area (Å²) >= 11 is 0. The van der Waals surface area contributed by atoms with Crippen LogP contribution in [0, 0.1) is 0 Å². The third kappa shape index (κ3) is 1.66. The van der Waals surface area contributed by atoms with Crippen LogP contribution in [0.4, 0.5) is 13.2 Å². The maximum atomic E-state index is 12.6. The summed E-state index contributed by atoms with van der Waals surface area (Å²) in [5.41, 5.74) is -2.10. The van der Waals surface area contributed by atoms with E-state index < -0.39 is 17.9 Å². The van der Waals surface area contributed by atoms with Crippen molar-refractivity contribution in [2.45, 2.75) is 31.2 Å². The Morgan fingerprint density at radius 2 is 2.29 bits per heavy atom. The molecule has 0 spiro atoms. The van der Waals surface area contributed by atoms with Gasteiger partial charge in [0.05, 0.1) is 13.2 Å². The number of rotatable bonds is 4. The Morgan fingerprint density at radius 1 is 1.64 bits per heavy atom. The molecule has 82 valence electrons. The molecule has 0 radical (unpaired) electrons. The predicted molar refractivity (Wildman–Crippen MR) is 45.0 cm³/mol. The van der Waals surface area contributed by atoms with Crippen LogP contribution in [0.25, 0.3) is 0 Å². The van der Waals surface area contributed by atoms with Crippen LogP contribution in [0.2, 0.25) is 0 Å². The average Bonchev–Trinajstić information content (AvgIpc) is 2.02. The molecule has 0 saturated carbocycles. The van der Waals surface area contributed by atoms with Crippen molar-refractivity contribution in [1.29, 1.82) is 0 Å². The summed E-state index contributed by atoms with van der Waals surface area (Å²) in [6.07, 6.45) is -3.97. The highest BCUT2D eigenvalue weighted by molar-refractivity contribution is 5.02. The molecule has 1 saturated heterocycles. The van der Waals surface area contributed by atoms with E-state index in [1.807, 2.05) is 0 Å². The third-order valence-electron chi connectivity index (χ3n) is 2.43. The van der Waals surface area contributed by atoms with E-state index >= 15 is 0 Å². The van der Waals surface area contributed by atoms with Crippen molar-refractivity contribution in [3.8, 4) is 0 Å². The summed E-state index contributed by atoms with van der Waals surface area (Å²) in [5.74, 6) is 0. The van der Waals surface area contributed by atoms with Gasteiger partial charge in [0, 0.05) is 0 Å². The molecule has 0 aromatic carbocycles. The third-order valence-corrected chi connectivity index (χ3v) is 2.43. The monoisotopic (exact) mass is 210 g/mol. The summed E-state index contributed by atoms with van der Waals surface area (Å²) in [6, 6.07) is 0. The van der Waals surface area contributed by atoms with Gasteiger partial charge in [0.2, 0.25) is 0 Å². The second kappa shape index (κ2) is 3.90. The van der Waals surface area contributed by atoms with Crippen molar-refractivity contribution in [2.75, 3.05) is 13.2 Å². The van der Waals surface area contributed by atoms with Crippen molar-refractivity contribution in [2.24, 2.45) is 0 Å². The van der Waals surface area contributed by atoms with Crippen molar-refractivity contribution in [3.63, 3.8) is 0 Å². The minimum absolute atomic E-state index is 0.00118. The van der Waals surface area contributed by atoms with Crippen LogP contribution in [0.1, 0.15) is 13.3 Å². The number of halogens is 3. The molecule has 2 unspecified atom stereocenters. The molecule has 5 heteroatoms. The second-order valence-electron chi connectivity index (χ2n) is 3.16. The van der Waals surface area contributed by atoms with E-state index in [9.17, 15) is 13.2 Å². The minimum Gasteiger partial charge on any atom is -0.368 e. The Labute approximate surface area is 80.7 Å². The molecular formula is C9H13F3O2. The fourth-order valence-corrected chi connectivity index (χ4v) is 1.51. The highest BCUT2D eigenvalue weighted by atomic mass is 19.4. The topological polar surface area (TPSA) is 18.5 Å². The Kier molecular flexibility index (Phi) is 3.21. The van der Waals surface area contributed by atoms with Gasteiger partial charge in [-0.05, 0) is 6.42 Å². The van der Waals surface area contributed by atoms with E-state index in [1.165, 1.54) is 13.0 Å². The van der Waals surface area contributed by atoms with Crippen molar-refractivity contribution in [3.05, 3.63) is 12.7 Å². The van der Waals surface area contributed by atoms with E-state index in [0.29, 0.717) is 0 Å². The Hall–Kier alpha value is -0.550. The first-order valence-electron chi connectivity index (χ1n) is 4.41. The van der Waals surface area contributed by atoms with Crippen LogP contribution >= 0.6 is 0 Å². The van der Waals surface area contributed by atoms with Gasteiger partial charge in [0.25, 0.3) is 0 Å². The van der Waals surface area contributed by atoms with Crippen molar-refractivity contribution in [1.82, 2.24) is 0 Å². The van der Waals surface area contributed by atoms with Crippen molar-refractivity contribution >= 4 is 0 Å². The molecule has 0 aromatic rings. The van der Waals surface area contributed by atoms with E-state index in [4.69, 9.17) is 4.74 Å². The zero-order chi connectivity index (χ0) is 10.8. The van der Waals surface area contributed by atoms with Crippen LogP contribution in [0.5, 0.6) is 0 Å². The lowest BCUT2D eigenvalue weighted by Crippen LogP contribution is -2.67. The smallest absolute Gasteiger partial charge is 0.368 e. The molecule has 2 nitrogen and oxygen atoms in total. The molecule has 0 amide bonds. The van der Waals surface area contributed by atoms with Gasteiger partial charge in [0.1, 0.15) is 6.10 Å². The lowest BCUT2D eigenvalue weighted by atomic mass is 9.87. The normalized spacial score (nSPS) is 32.4. The molecule has 0 N–H and O–H groups in total. The van der Waals surface area contributed by atoms with E-state index in [-0.39, 0.29) is 19.6 Å². The standard InChI is InChI=1S/C9H13F3O2/c1-3-5-13-7-6-14-8(7,4-2)9(10,11)12/h3,7H,1,4-6H2,2H3. The molecule has 0 aliphatic carbocycles. The number of ether oxygens (including phenoxy) is 2. The largest absolute Gasteiger partial charge is 0.420 e. The van der Waals surface area contributed by atoms with Gasteiger partial charge < -0.3 is 9.47 Å². The SMILES string of the molecule is C=CCOC1COC1(CC)C(F)(F)F. The maximum absolute atomic E-state index is 12.6. The average molecular weight is 210 g/mol. The maximum Gasteiger partial charge on any atom is 0.420 e. The van der Waals surface area contributed by atoms with Gasteiger partial charge >= 0.3 is 6.18 Å². The summed E-state index contributed by atoms with van der Waals surface area (Å²) in [4.78, 5) is 0. The first-order valence-corrected chi connectivity index (χ1v) is 4.41. The fourth-order valence-electron chi connectivity index (χ4n) is 1.51. The summed E-state index contributed by atoms with van der Waals surface area (Å²) in [6.45, 7) is 4.94. The van der Waals surface area contributed by atoms with Gasteiger partial charge in [-0.15, -0.1) is 6.58 Å². The molecule has 1 aliphatic rings. The zero-order valence-corrected chi connectivity index (χ0v) is 7.93. The number of hydrogen-bond donors (Lipinski definition) is 0. The molecule has 2 atom stereocenters. The fraction of sp³-hybridized carbons (Fsp3) is 0.778. The summed E-state index contributed by atoms with van der Waals surface area (Å²) in [5, 5.41) is 0. The summed E-state index contributed by atoms with van der Waals surface area (Å²) < 4.78 is 47.5. The molecule has 0 bridgehead atoms. The highest BCUT2D eigenvalue weighted by Gasteiger charge is 2.65. The van der Waals surface area contributed by atoms with Crippen LogP contribution in [-0.4, -0.2) is 31.1 Å². The quantitative estimate of drug-likeness (QED) is 0.663. The predicted octanol–water partition coefficient (Wildman–Crippen LogP) is 2.30. The Bertz CT molecular complexity index is 211. The molecule has 1 heterocycles. The number of alkyl halides is 3. The Balaban J connectivity index is 2.66. The van der Waals surface area contributed by atoms with Crippen LogP contribution < -0.4 is 0 Å².